The number of aryl methyl sites for hydroxylation is 1. The molecule has 4 aromatic rings. The van der Waals surface area contributed by atoms with E-state index in [4.69, 9.17) is 21.2 Å². The van der Waals surface area contributed by atoms with Gasteiger partial charge in [0.25, 0.3) is 5.91 Å². The Kier molecular flexibility index (Phi) is 8.36. The van der Waals surface area contributed by atoms with Crippen LogP contribution in [0.1, 0.15) is 34.5 Å². The number of nitrogens with zero attached hydrogens (tertiary/aromatic N) is 3. The number of halogens is 1. The first-order valence-corrected chi connectivity index (χ1v) is 12.5. The molecule has 1 N–H and O–H groups in total. The van der Waals surface area contributed by atoms with Crippen LogP contribution < -0.4 is 26.3 Å². The van der Waals surface area contributed by atoms with Crippen LogP contribution in [0.25, 0.3) is 0 Å². The molecule has 1 aromatic heterocycles. The van der Waals surface area contributed by atoms with Crippen molar-refractivity contribution >= 4 is 29.0 Å². The van der Waals surface area contributed by atoms with Gasteiger partial charge in [-0.3, -0.25) is 9.59 Å². The Morgan fingerprint density at radius 3 is 2.31 bits per heavy atom. The van der Waals surface area contributed by atoms with Crippen LogP contribution in [0.15, 0.2) is 82.4 Å². The van der Waals surface area contributed by atoms with Gasteiger partial charge in [0.1, 0.15) is 12.4 Å². The van der Waals surface area contributed by atoms with Crippen LogP contribution in [0.3, 0.4) is 0 Å². The van der Waals surface area contributed by atoms with Crippen molar-refractivity contribution < 1.29 is 19.2 Å². The fourth-order valence-electron chi connectivity index (χ4n) is 4.04. The number of amides is 1. The van der Waals surface area contributed by atoms with E-state index in [0.29, 0.717) is 15.9 Å². The molecule has 1 amide bonds. The summed E-state index contributed by atoms with van der Waals surface area (Å²) in [5.74, 6) is -1.20. The lowest BCUT2D eigenvalue weighted by Gasteiger charge is -2.17. The highest BCUT2D eigenvalue weighted by Gasteiger charge is 2.36. The van der Waals surface area contributed by atoms with E-state index < -0.39 is 29.1 Å². The summed E-state index contributed by atoms with van der Waals surface area (Å²) in [6, 6.07) is 18.0. The SMILES string of the molecule is CCOn1c(=O)n(C(C(=O)Nc2cc(C)ccc2Cl)C(=O)c2ccc(OC)cc2)c(=O)n1Cc1ccccc1. The van der Waals surface area contributed by atoms with E-state index >= 15 is 0 Å². The molecule has 1 unspecified atom stereocenters. The van der Waals surface area contributed by atoms with Gasteiger partial charge in [0.15, 0.2) is 11.8 Å². The summed E-state index contributed by atoms with van der Waals surface area (Å²) in [6.07, 6.45) is 0. The zero-order chi connectivity index (χ0) is 28.1. The summed E-state index contributed by atoms with van der Waals surface area (Å²) in [6.45, 7) is 3.48. The molecule has 0 fully saturated rings. The molecule has 202 valence electrons. The lowest BCUT2D eigenvalue weighted by Crippen LogP contribution is -2.43. The van der Waals surface area contributed by atoms with Gasteiger partial charge in [0.05, 0.1) is 24.4 Å². The molecular formula is C28H27ClN4O6. The molecule has 0 spiro atoms. The van der Waals surface area contributed by atoms with Crippen LogP contribution in [0.5, 0.6) is 5.75 Å². The van der Waals surface area contributed by atoms with Crippen molar-refractivity contribution in [1.29, 1.82) is 0 Å². The maximum Gasteiger partial charge on any atom is 0.382 e. The summed E-state index contributed by atoms with van der Waals surface area (Å²) in [5.41, 5.74) is -0.0333. The van der Waals surface area contributed by atoms with Crippen LogP contribution in [0.4, 0.5) is 5.69 Å². The lowest BCUT2D eigenvalue weighted by atomic mass is 10.0. The van der Waals surface area contributed by atoms with Gasteiger partial charge in [0, 0.05) is 5.56 Å². The predicted molar refractivity (Wildman–Crippen MR) is 147 cm³/mol. The number of carbonyl (C=O) groups is 2. The maximum absolute atomic E-state index is 13.8. The Labute approximate surface area is 228 Å². The number of hydrogen-bond acceptors (Lipinski definition) is 6. The van der Waals surface area contributed by atoms with Crippen LogP contribution in [-0.2, 0) is 11.3 Å². The number of methoxy groups -OCH3 is 1. The standard InChI is InChI=1S/C28H27ClN4O6/c1-4-39-33-28(37)32(27(36)31(33)17-19-8-6-5-7-9-19)24(25(34)20-11-13-21(38-3)14-12-20)26(35)30-23-16-18(2)10-15-22(23)29/h5-16,24H,4,17H2,1-3H3,(H,30,35). The number of nitrogens with one attached hydrogen (secondary N) is 1. The van der Waals surface area contributed by atoms with E-state index in [2.05, 4.69) is 5.32 Å². The number of ketones is 1. The molecule has 11 heteroatoms. The molecule has 0 bridgehead atoms. The van der Waals surface area contributed by atoms with Gasteiger partial charge in [-0.1, -0.05) is 52.8 Å². The van der Waals surface area contributed by atoms with Crippen molar-refractivity contribution in [1.82, 2.24) is 14.1 Å². The molecule has 3 aromatic carbocycles. The molecule has 0 aliphatic carbocycles. The van der Waals surface area contributed by atoms with Crippen molar-refractivity contribution in [3.63, 3.8) is 0 Å². The summed E-state index contributed by atoms with van der Waals surface area (Å²) < 4.78 is 6.80. The molecule has 4 rings (SSSR count). The van der Waals surface area contributed by atoms with Crippen LogP contribution in [0.2, 0.25) is 5.02 Å². The summed E-state index contributed by atoms with van der Waals surface area (Å²) in [5, 5.41) is 2.84. The second-order valence-corrected chi connectivity index (χ2v) is 9.04. The number of hydrogen-bond donors (Lipinski definition) is 1. The Bertz CT molecular complexity index is 1610. The Hall–Kier alpha value is -4.57. The number of carbonyl (C=O) groups excluding carboxylic acids is 2. The lowest BCUT2D eigenvalue weighted by molar-refractivity contribution is -0.118. The third kappa shape index (κ3) is 5.80. The van der Waals surface area contributed by atoms with E-state index in [-0.39, 0.29) is 29.4 Å². The van der Waals surface area contributed by atoms with Crippen LogP contribution in [-0.4, -0.2) is 39.5 Å². The van der Waals surface area contributed by atoms with E-state index in [1.165, 1.54) is 19.2 Å². The Balaban J connectivity index is 1.87. The third-order valence-electron chi connectivity index (χ3n) is 5.95. The molecule has 0 radical (unpaired) electrons. The van der Waals surface area contributed by atoms with Gasteiger partial charge in [-0.2, -0.15) is 4.68 Å². The van der Waals surface area contributed by atoms with Gasteiger partial charge in [0.2, 0.25) is 0 Å². The first-order chi connectivity index (χ1) is 18.7. The highest BCUT2D eigenvalue weighted by Crippen LogP contribution is 2.25. The number of Topliss-reactive ketones (excluding diaryl/α,β-unsaturated/α-hetero) is 1. The molecule has 0 saturated carbocycles. The molecule has 39 heavy (non-hydrogen) atoms. The van der Waals surface area contributed by atoms with Gasteiger partial charge in [-0.25, -0.2) is 14.2 Å². The summed E-state index contributed by atoms with van der Waals surface area (Å²) >= 11 is 6.27. The van der Waals surface area contributed by atoms with Gasteiger partial charge in [-0.15, -0.1) is 0 Å². The van der Waals surface area contributed by atoms with Gasteiger partial charge >= 0.3 is 11.4 Å². The van der Waals surface area contributed by atoms with Gasteiger partial charge < -0.3 is 14.9 Å². The van der Waals surface area contributed by atoms with Gasteiger partial charge in [-0.05, 0) is 61.4 Å². The van der Waals surface area contributed by atoms with Crippen molar-refractivity contribution in [2.24, 2.45) is 0 Å². The monoisotopic (exact) mass is 550 g/mol. The van der Waals surface area contributed by atoms with Crippen molar-refractivity contribution in [2.75, 3.05) is 19.0 Å². The number of rotatable bonds is 10. The van der Waals surface area contributed by atoms with E-state index in [9.17, 15) is 19.2 Å². The summed E-state index contributed by atoms with van der Waals surface area (Å²) in [7, 11) is 1.48. The molecule has 0 saturated heterocycles. The van der Waals surface area contributed by atoms with Crippen molar-refractivity contribution in [3.05, 3.63) is 115 Å². The van der Waals surface area contributed by atoms with E-state index in [1.807, 2.05) is 6.07 Å². The second kappa shape index (κ2) is 11.9. The Morgan fingerprint density at radius 1 is 0.974 bits per heavy atom. The minimum absolute atomic E-state index is 0.0311. The Morgan fingerprint density at radius 2 is 1.67 bits per heavy atom. The zero-order valence-electron chi connectivity index (χ0n) is 21.6. The van der Waals surface area contributed by atoms with E-state index in [0.717, 1.165) is 15.1 Å². The molecule has 0 aliphatic rings. The van der Waals surface area contributed by atoms with Crippen LogP contribution >= 0.6 is 11.6 Å². The van der Waals surface area contributed by atoms with E-state index in [1.54, 1.807) is 68.4 Å². The highest BCUT2D eigenvalue weighted by molar-refractivity contribution is 6.34. The molecular weight excluding hydrogens is 524 g/mol. The smallest absolute Gasteiger partial charge is 0.382 e. The van der Waals surface area contributed by atoms with Crippen LogP contribution in [0, 0.1) is 6.92 Å². The fourth-order valence-corrected chi connectivity index (χ4v) is 4.20. The number of anilines is 1. The molecule has 0 aliphatic heterocycles. The number of ether oxygens (including phenoxy) is 1. The number of benzene rings is 3. The first-order valence-electron chi connectivity index (χ1n) is 12.1. The minimum Gasteiger partial charge on any atom is -0.497 e. The maximum atomic E-state index is 13.8. The predicted octanol–water partition coefficient (Wildman–Crippen LogP) is 3.34. The molecule has 1 atom stereocenters. The zero-order valence-corrected chi connectivity index (χ0v) is 22.3. The van der Waals surface area contributed by atoms with Crippen molar-refractivity contribution in [2.45, 2.75) is 26.4 Å². The average Bonchev–Trinajstić information content (AvgIpc) is 3.16. The molecule has 10 nitrogen and oxygen atoms in total. The quantitative estimate of drug-likeness (QED) is 0.239. The topological polar surface area (TPSA) is 114 Å². The summed E-state index contributed by atoms with van der Waals surface area (Å²) in [4.78, 5) is 60.9. The third-order valence-corrected chi connectivity index (χ3v) is 6.28. The highest BCUT2D eigenvalue weighted by atomic mass is 35.5. The second-order valence-electron chi connectivity index (χ2n) is 8.64. The normalized spacial score (nSPS) is 11.6. The van der Waals surface area contributed by atoms with Crippen molar-refractivity contribution in [3.8, 4) is 5.75 Å². The largest absolute Gasteiger partial charge is 0.497 e. The number of aromatic nitrogens is 3. The molecule has 1 heterocycles. The first kappa shape index (κ1) is 27.5. The fraction of sp³-hybridized carbons (Fsp3) is 0.214. The minimum atomic E-state index is -1.86. The average molecular weight is 551 g/mol.